The third-order valence-electron chi connectivity index (χ3n) is 3.80. The minimum atomic E-state index is -0.716. The van der Waals surface area contributed by atoms with E-state index in [1.165, 1.54) is 0 Å². The molecule has 26 heavy (non-hydrogen) atoms. The number of benzene rings is 2. The number of nitrogens with one attached hydrogen (secondary N) is 2. The molecule has 0 aliphatic carbocycles. The number of hydrogen-bond acceptors (Lipinski definition) is 3. The molecule has 0 radical (unpaired) electrons. The van der Waals surface area contributed by atoms with Crippen molar-refractivity contribution >= 4 is 29.1 Å². The first-order valence-electron chi connectivity index (χ1n) is 7.99. The van der Waals surface area contributed by atoms with Gasteiger partial charge < -0.3 is 15.2 Å². The fourth-order valence-corrected chi connectivity index (χ4v) is 2.59. The van der Waals surface area contributed by atoms with E-state index >= 15 is 0 Å². The molecule has 0 saturated heterocycles. The van der Waals surface area contributed by atoms with Crippen molar-refractivity contribution in [2.45, 2.75) is 13.0 Å². The number of aromatic nitrogens is 2. The topological polar surface area (TPSA) is 76.0 Å². The van der Waals surface area contributed by atoms with Crippen LogP contribution in [0.5, 0.6) is 0 Å². The van der Waals surface area contributed by atoms with E-state index in [0.29, 0.717) is 16.3 Å². The number of hydrogen-bond donors (Lipinski definition) is 2. The van der Waals surface area contributed by atoms with Crippen LogP contribution in [0, 0.1) is 0 Å². The van der Waals surface area contributed by atoms with E-state index < -0.39 is 11.9 Å². The lowest BCUT2D eigenvalue weighted by Gasteiger charge is -2.15. The van der Waals surface area contributed by atoms with Crippen LogP contribution in [-0.2, 0) is 4.79 Å². The predicted octanol–water partition coefficient (Wildman–Crippen LogP) is 3.28. The summed E-state index contributed by atoms with van der Waals surface area (Å²) < 4.78 is 1.86. The molecule has 1 heterocycles. The Morgan fingerprint density at radius 1 is 1.12 bits per heavy atom. The largest absolute Gasteiger partial charge is 0.340 e. The number of imidazole rings is 1. The Labute approximate surface area is 155 Å². The molecular weight excluding hydrogens is 352 g/mol. The minimum absolute atomic E-state index is 0.319. The first kappa shape index (κ1) is 17.7. The number of nitrogens with zero attached hydrogens (tertiary/aromatic N) is 2. The standard InChI is InChI=1S/C19H17ClN4O2/c1-13(22-19(26)16-4-2-3-5-17(16)20)18(25)23-14-6-8-15(9-7-14)24-11-10-21-12-24/h2-13H,1H3,(H,22,26)(H,23,25). The van der Waals surface area contributed by atoms with Crippen molar-refractivity contribution in [3.8, 4) is 5.69 Å². The lowest BCUT2D eigenvalue weighted by molar-refractivity contribution is -0.117. The Morgan fingerprint density at radius 3 is 2.50 bits per heavy atom. The maximum absolute atomic E-state index is 12.3. The van der Waals surface area contributed by atoms with E-state index in [1.54, 1.807) is 55.8 Å². The lowest BCUT2D eigenvalue weighted by Crippen LogP contribution is -2.41. The fourth-order valence-electron chi connectivity index (χ4n) is 2.36. The molecule has 2 aromatic carbocycles. The SMILES string of the molecule is CC(NC(=O)c1ccccc1Cl)C(=O)Nc1ccc(-n2ccnc2)cc1. The monoisotopic (exact) mass is 368 g/mol. The normalized spacial score (nSPS) is 11.6. The van der Waals surface area contributed by atoms with Gasteiger partial charge in [0.25, 0.3) is 5.91 Å². The zero-order chi connectivity index (χ0) is 18.5. The highest BCUT2D eigenvalue weighted by molar-refractivity contribution is 6.33. The Hall–Kier alpha value is -3.12. The van der Waals surface area contributed by atoms with Crippen LogP contribution in [0.2, 0.25) is 5.02 Å². The van der Waals surface area contributed by atoms with Gasteiger partial charge in [-0.2, -0.15) is 0 Å². The second kappa shape index (κ2) is 7.84. The summed E-state index contributed by atoms with van der Waals surface area (Å²) in [7, 11) is 0. The van der Waals surface area contributed by atoms with Crippen molar-refractivity contribution in [2.24, 2.45) is 0 Å². The van der Waals surface area contributed by atoms with E-state index in [4.69, 9.17) is 11.6 Å². The van der Waals surface area contributed by atoms with Crippen LogP contribution in [0.1, 0.15) is 17.3 Å². The number of anilines is 1. The van der Waals surface area contributed by atoms with Crippen LogP contribution in [-0.4, -0.2) is 27.4 Å². The quantitative estimate of drug-likeness (QED) is 0.725. The van der Waals surface area contributed by atoms with Gasteiger partial charge in [-0.05, 0) is 43.3 Å². The third-order valence-corrected chi connectivity index (χ3v) is 4.13. The summed E-state index contributed by atoms with van der Waals surface area (Å²) in [6.07, 6.45) is 5.22. The molecule has 2 amide bonds. The van der Waals surface area contributed by atoms with Crippen molar-refractivity contribution < 1.29 is 9.59 Å². The highest BCUT2D eigenvalue weighted by Gasteiger charge is 2.18. The zero-order valence-electron chi connectivity index (χ0n) is 14.0. The van der Waals surface area contributed by atoms with Gasteiger partial charge in [0.15, 0.2) is 0 Å². The summed E-state index contributed by atoms with van der Waals surface area (Å²) >= 11 is 6.00. The number of carbonyl (C=O) groups is 2. The lowest BCUT2D eigenvalue weighted by atomic mass is 10.2. The molecule has 0 spiro atoms. The van der Waals surface area contributed by atoms with E-state index in [1.807, 2.05) is 22.9 Å². The van der Waals surface area contributed by atoms with Gasteiger partial charge in [0, 0.05) is 23.8 Å². The average molecular weight is 369 g/mol. The van der Waals surface area contributed by atoms with E-state index in [9.17, 15) is 9.59 Å². The van der Waals surface area contributed by atoms with Gasteiger partial charge in [-0.25, -0.2) is 4.98 Å². The van der Waals surface area contributed by atoms with Crippen molar-refractivity contribution in [1.29, 1.82) is 0 Å². The smallest absolute Gasteiger partial charge is 0.253 e. The first-order chi connectivity index (χ1) is 12.5. The van der Waals surface area contributed by atoms with Crippen molar-refractivity contribution in [1.82, 2.24) is 14.9 Å². The first-order valence-corrected chi connectivity index (χ1v) is 8.37. The van der Waals surface area contributed by atoms with Gasteiger partial charge in [0.2, 0.25) is 5.91 Å². The van der Waals surface area contributed by atoms with Gasteiger partial charge in [-0.15, -0.1) is 0 Å². The molecule has 0 aliphatic rings. The Bertz CT molecular complexity index is 908. The Morgan fingerprint density at radius 2 is 1.85 bits per heavy atom. The highest BCUT2D eigenvalue weighted by atomic mass is 35.5. The number of amides is 2. The van der Waals surface area contributed by atoms with Gasteiger partial charge in [-0.3, -0.25) is 9.59 Å². The number of halogens is 1. The molecule has 3 rings (SSSR count). The summed E-state index contributed by atoms with van der Waals surface area (Å²) in [4.78, 5) is 28.5. The van der Waals surface area contributed by atoms with Crippen LogP contribution >= 0.6 is 11.6 Å². The molecule has 132 valence electrons. The minimum Gasteiger partial charge on any atom is -0.340 e. The second-order valence-electron chi connectivity index (χ2n) is 5.68. The van der Waals surface area contributed by atoms with Gasteiger partial charge in [0.1, 0.15) is 6.04 Å². The van der Waals surface area contributed by atoms with Crippen molar-refractivity contribution in [2.75, 3.05) is 5.32 Å². The van der Waals surface area contributed by atoms with Crippen molar-refractivity contribution in [3.05, 3.63) is 77.8 Å². The van der Waals surface area contributed by atoms with Crippen LogP contribution in [0.3, 0.4) is 0 Å². The summed E-state index contributed by atoms with van der Waals surface area (Å²) in [5.74, 6) is -0.713. The summed E-state index contributed by atoms with van der Waals surface area (Å²) in [5.41, 5.74) is 1.90. The summed E-state index contributed by atoms with van der Waals surface area (Å²) in [6, 6.07) is 13.3. The molecule has 0 bridgehead atoms. The zero-order valence-corrected chi connectivity index (χ0v) is 14.8. The van der Waals surface area contributed by atoms with Gasteiger partial charge >= 0.3 is 0 Å². The van der Waals surface area contributed by atoms with E-state index in [-0.39, 0.29) is 5.91 Å². The van der Waals surface area contributed by atoms with Crippen LogP contribution < -0.4 is 10.6 Å². The molecule has 0 aliphatic heterocycles. The number of rotatable bonds is 5. The Kier molecular flexibility index (Phi) is 5.34. The second-order valence-corrected chi connectivity index (χ2v) is 6.09. The fraction of sp³-hybridized carbons (Fsp3) is 0.105. The van der Waals surface area contributed by atoms with Crippen LogP contribution in [0.4, 0.5) is 5.69 Å². The summed E-state index contributed by atoms with van der Waals surface area (Å²) in [5, 5.41) is 5.76. The average Bonchev–Trinajstić information content (AvgIpc) is 3.17. The molecule has 7 heteroatoms. The molecule has 0 fully saturated rings. The molecular formula is C19H17ClN4O2. The molecule has 2 N–H and O–H groups in total. The predicted molar refractivity (Wildman–Crippen MR) is 101 cm³/mol. The molecule has 0 saturated carbocycles. The molecule has 1 aromatic heterocycles. The third kappa shape index (κ3) is 4.10. The molecule has 1 atom stereocenters. The molecule has 6 nitrogen and oxygen atoms in total. The highest BCUT2D eigenvalue weighted by Crippen LogP contribution is 2.15. The van der Waals surface area contributed by atoms with E-state index in [2.05, 4.69) is 15.6 Å². The Balaban J connectivity index is 1.60. The van der Waals surface area contributed by atoms with Gasteiger partial charge in [0.05, 0.1) is 16.9 Å². The van der Waals surface area contributed by atoms with Crippen LogP contribution in [0.15, 0.2) is 67.3 Å². The molecule has 1 unspecified atom stereocenters. The van der Waals surface area contributed by atoms with Crippen molar-refractivity contribution in [3.63, 3.8) is 0 Å². The maximum Gasteiger partial charge on any atom is 0.253 e. The van der Waals surface area contributed by atoms with E-state index in [0.717, 1.165) is 5.69 Å². The van der Waals surface area contributed by atoms with Crippen LogP contribution in [0.25, 0.3) is 5.69 Å². The summed E-state index contributed by atoms with van der Waals surface area (Å²) in [6.45, 7) is 1.62. The maximum atomic E-state index is 12.3. The molecule has 3 aromatic rings. The van der Waals surface area contributed by atoms with Gasteiger partial charge in [-0.1, -0.05) is 23.7 Å². The number of carbonyl (C=O) groups excluding carboxylic acids is 2.